The minimum atomic E-state index is -3.65. The van der Waals surface area contributed by atoms with Crippen molar-refractivity contribution in [2.24, 2.45) is 0 Å². The molecule has 6 rings (SSSR count). The summed E-state index contributed by atoms with van der Waals surface area (Å²) in [5.41, 5.74) is 4.73. The predicted molar refractivity (Wildman–Crippen MR) is 171 cm³/mol. The van der Waals surface area contributed by atoms with E-state index in [0.717, 1.165) is 5.69 Å². The van der Waals surface area contributed by atoms with Crippen LogP contribution in [0.25, 0.3) is 0 Å². The summed E-state index contributed by atoms with van der Waals surface area (Å²) in [7, 11) is -3.65. The molecule has 3 aromatic rings. The number of carbonyl (C=O) groups excluding carboxylic acids is 3. The SMILES string of the molecule is Cc1ccc(N2CCN(C(=O)c3ccc(N4C(=O)OCC4COC(=O)c4ccccc4)cc3N3CCCS3(=O)=O)CC2)c(C)c1. The van der Waals surface area contributed by atoms with E-state index in [4.69, 9.17) is 9.47 Å². The van der Waals surface area contributed by atoms with Crippen molar-refractivity contribution in [3.05, 3.63) is 89.0 Å². The molecule has 11 nitrogen and oxygen atoms in total. The van der Waals surface area contributed by atoms with Crippen LogP contribution >= 0.6 is 0 Å². The van der Waals surface area contributed by atoms with Gasteiger partial charge in [0.1, 0.15) is 19.3 Å². The second kappa shape index (κ2) is 12.4. The summed E-state index contributed by atoms with van der Waals surface area (Å²) in [6.07, 6.45) is -0.217. The van der Waals surface area contributed by atoms with Gasteiger partial charge in [0.05, 0.1) is 22.6 Å². The second-order valence-corrected chi connectivity index (χ2v) is 13.6. The highest BCUT2D eigenvalue weighted by Gasteiger charge is 2.38. The molecule has 3 fully saturated rings. The van der Waals surface area contributed by atoms with Crippen LogP contribution in [-0.2, 0) is 19.5 Å². The molecule has 3 aromatic carbocycles. The molecule has 0 aromatic heterocycles. The maximum atomic E-state index is 13.9. The number of cyclic esters (lactones) is 1. The van der Waals surface area contributed by atoms with Crippen molar-refractivity contribution >= 4 is 45.1 Å². The normalized spacial score (nSPS) is 19.5. The predicted octanol–water partition coefficient (Wildman–Crippen LogP) is 3.99. The summed E-state index contributed by atoms with van der Waals surface area (Å²) >= 11 is 0. The minimum Gasteiger partial charge on any atom is -0.460 e. The first-order valence-corrected chi connectivity index (χ1v) is 16.7. The second-order valence-electron chi connectivity index (χ2n) is 11.6. The van der Waals surface area contributed by atoms with Crippen molar-refractivity contribution in [3.8, 4) is 0 Å². The van der Waals surface area contributed by atoms with Crippen LogP contribution in [0, 0.1) is 13.8 Å². The van der Waals surface area contributed by atoms with Crippen LogP contribution < -0.4 is 14.1 Å². The molecular weight excluding hydrogens is 596 g/mol. The number of esters is 1. The van der Waals surface area contributed by atoms with Crippen LogP contribution in [0.2, 0.25) is 0 Å². The first-order valence-electron chi connectivity index (χ1n) is 15.1. The van der Waals surface area contributed by atoms with Crippen molar-refractivity contribution in [1.82, 2.24) is 4.90 Å². The molecule has 2 amide bonds. The lowest BCUT2D eigenvalue weighted by atomic mass is 10.1. The highest BCUT2D eigenvalue weighted by molar-refractivity contribution is 7.93. The molecule has 1 atom stereocenters. The topological polar surface area (TPSA) is 117 Å². The number of nitrogens with zero attached hydrogens (tertiary/aromatic N) is 4. The number of sulfonamides is 1. The monoisotopic (exact) mass is 632 g/mol. The standard InChI is InChI=1S/C33H36N4O7S/c1-23-9-12-29(24(2)19-23)34-14-16-35(17-15-34)31(38)28-11-10-26(20-30(28)36-13-6-18-45(36,41)42)37-27(22-44-33(37)40)21-43-32(39)25-7-4-3-5-8-25/h3-5,7-12,19-20,27H,6,13-18,21-22H2,1-2H3. The molecule has 3 aliphatic rings. The summed E-state index contributed by atoms with van der Waals surface area (Å²) in [6, 6.07) is 19.0. The summed E-state index contributed by atoms with van der Waals surface area (Å²) in [5.74, 6) is -0.822. The molecule has 3 heterocycles. The molecule has 0 aliphatic carbocycles. The Morgan fingerprint density at radius 2 is 1.67 bits per heavy atom. The highest BCUT2D eigenvalue weighted by atomic mass is 32.2. The Kier molecular flexibility index (Phi) is 8.41. The summed E-state index contributed by atoms with van der Waals surface area (Å²) in [5, 5.41) is 0. The van der Waals surface area contributed by atoms with E-state index in [-0.39, 0.29) is 42.7 Å². The third kappa shape index (κ3) is 6.19. The molecule has 0 bridgehead atoms. The number of carbonyl (C=O) groups is 3. The minimum absolute atomic E-state index is 0.0103. The molecule has 236 valence electrons. The number of rotatable bonds is 7. The van der Waals surface area contributed by atoms with Crippen molar-refractivity contribution in [2.45, 2.75) is 26.3 Å². The summed E-state index contributed by atoms with van der Waals surface area (Å²) in [6.45, 7) is 6.49. The van der Waals surface area contributed by atoms with Crippen molar-refractivity contribution in [3.63, 3.8) is 0 Å². The number of hydrogen-bond acceptors (Lipinski definition) is 8. The number of piperazine rings is 1. The first kappa shape index (κ1) is 30.4. The van der Waals surface area contributed by atoms with E-state index in [0.29, 0.717) is 43.9 Å². The Hall–Kier alpha value is -4.58. The Balaban J connectivity index is 1.24. The van der Waals surface area contributed by atoms with Crippen molar-refractivity contribution in [1.29, 1.82) is 0 Å². The van der Waals surface area contributed by atoms with Gasteiger partial charge < -0.3 is 19.3 Å². The van der Waals surface area contributed by atoms with E-state index in [1.165, 1.54) is 20.3 Å². The zero-order chi connectivity index (χ0) is 31.7. The van der Waals surface area contributed by atoms with Gasteiger partial charge in [0.2, 0.25) is 10.0 Å². The molecule has 45 heavy (non-hydrogen) atoms. The highest BCUT2D eigenvalue weighted by Crippen LogP contribution is 2.35. The molecule has 3 saturated heterocycles. The number of benzene rings is 3. The number of amides is 2. The van der Waals surface area contributed by atoms with Gasteiger partial charge in [-0.2, -0.15) is 0 Å². The maximum absolute atomic E-state index is 13.9. The lowest BCUT2D eigenvalue weighted by Crippen LogP contribution is -2.49. The van der Waals surface area contributed by atoms with Gasteiger partial charge in [-0.05, 0) is 62.2 Å². The molecule has 1 unspecified atom stereocenters. The lowest BCUT2D eigenvalue weighted by Gasteiger charge is -2.37. The summed E-state index contributed by atoms with van der Waals surface area (Å²) in [4.78, 5) is 44.7. The zero-order valence-corrected chi connectivity index (χ0v) is 26.2. The van der Waals surface area contributed by atoms with Crippen molar-refractivity contribution < 1.29 is 32.3 Å². The van der Waals surface area contributed by atoms with E-state index < -0.39 is 28.1 Å². The average molecular weight is 633 g/mol. The fourth-order valence-corrected chi connectivity index (χ4v) is 7.75. The van der Waals surface area contributed by atoms with Gasteiger partial charge in [-0.15, -0.1) is 0 Å². The number of aryl methyl sites for hydroxylation is 2. The van der Waals surface area contributed by atoms with E-state index in [1.807, 2.05) is 0 Å². The van der Waals surface area contributed by atoms with Gasteiger partial charge in [-0.1, -0.05) is 35.9 Å². The largest absolute Gasteiger partial charge is 0.460 e. The van der Waals surface area contributed by atoms with Gasteiger partial charge in [0.25, 0.3) is 5.91 Å². The van der Waals surface area contributed by atoms with Gasteiger partial charge in [0.15, 0.2) is 0 Å². The lowest BCUT2D eigenvalue weighted by molar-refractivity contribution is 0.0475. The van der Waals surface area contributed by atoms with Crippen LogP contribution in [0.4, 0.5) is 21.9 Å². The van der Waals surface area contributed by atoms with E-state index in [1.54, 1.807) is 53.4 Å². The van der Waals surface area contributed by atoms with Gasteiger partial charge in [0, 0.05) is 44.1 Å². The van der Waals surface area contributed by atoms with Crippen LogP contribution in [-0.4, -0.2) is 89.0 Å². The van der Waals surface area contributed by atoms with E-state index in [9.17, 15) is 22.8 Å². The third-order valence-corrected chi connectivity index (χ3v) is 10.4. The molecule has 0 N–H and O–H groups in total. The number of hydrogen-bond donors (Lipinski definition) is 0. The Bertz CT molecular complexity index is 1720. The Morgan fingerprint density at radius 3 is 2.36 bits per heavy atom. The smallest absolute Gasteiger partial charge is 0.414 e. The number of ether oxygens (including phenoxy) is 2. The molecule has 0 radical (unpaired) electrons. The van der Waals surface area contributed by atoms with Crippen LogP contribution in [0.15, 0.2) is 66.7 Å². The average Bonchev–Trinajstić information content (AvgIpc) is 3.60. The quantitative estimate of drug-likeness (QED) is 0.359. The van der Waals surface area contributed by atoms with Crippen LogP contribution in [0.3, 0.4) is 0 Å². The van der Waals surface area contributed by atoms with Crippen LogP contribution in [0.1, 0.15) is 38.3 Å². The molecular formula is C33H36N4O7S. The summed E-state index contributed by atoms with van der Waals surface area (Å²) < 4.78 is 38.2. The zero-order valence-electron chi connectivity index (χ0n) is 25.3. The fraction of sp³-hybridized carbons (Fsp3) is 0.364. The Labute approximate surface area is 263 Å². The maximum Gasteiger partial charge on any atom is 0.414 e. The van der Waals surface area contributed by atoms with Gasteiger partial charge in [-0.25, -0.2) is 18.0 Å². The number of anilines is 3. The fourth-order valence-electron chi connectivity index (χ4n) is 6.18. The molecule has 0 saturated carbocycles. The molecule has 3 aliphatic heterocycles. The van der Waals surface area contributed by atoms with Crippen molar-refractivity contribution in [2.75, 3.05) is 65.8 Å². The van der Waals surface area contributed by atoms with Crippen LogP contribution in [0.5, 0.6) is 0 Å². The van der Waals surface area contributed by atoms with Gasteiger partial charge >= 0.3 is 12.1 Å². The van der Waals surface area contributed by atoms with E-state index >= 15 is 0 Å². The molecule has 0 spiro atoms. The van der Waals surface area contributed by atoms with Gasteiger partial charge in [-0.3, -0.25) is 14.0 Å². The molecule has 12 heteroatoms. The van der Waals surface area contributed by atoms with E-state index in [2.05, 4.69) is 36.9 Å². The Morgan fingerprint density at radius 1 is 0.911 bits per heavy atom. The first-order chi connectivity index (χ1) is 21.6. The third-order valence-electron chi connectivity index (χ3n) is 8.50.